The second kappa shape index (κ2) is 10.3. The minimum Gasteiger partial charge on any atom is -0.461 e. The lowest BCUT2D eigenvalue weighted by Crippen LogP contribution is -2.21. The Kier molecular flexibility index (Phi) is 7.19. The second-order valence-corrected chi connectivity index (χ2v) is 8.75. The summed E-state index contributed by atoms with van der Waals surface area (Å²) in [6.45, 7) is 5.12. The zero-order valence-corrected chi connectivity index (χ0v) is 19.6. The number of nitrogens with two attached hydrogens (primary N) is 2. The Morgan fingerprint density at radius 1 is 1.24 bits per heavy atom. The Morgan fingerprint density at radius 3 is 2.67 bits per heavy atom. The van der Waals surface area contributed by atoms with Gasteiger partial charge in [0.1, 0.15) is 12.4 Å². The van der Waals surface area contributed by atoms with Gasteiger partial charge >= 0.3 is 5.97 Å². The Hall–Kier alpha value is -3.05. The number of imidazole rings is 1. The highest BCUT2D eigenvalue weighted by molar-refractivity contribution is 7.99. The summed E-state index contributed by atoms with van der Waals surface area (Å²) in [6.07, 6.45) is 6.03. The van der Waals surface area contributed by atoms with E-state index in [1.165, 1.54) is 19.2 Å². The highest BCUT2D eigenvalue weighted by atomic mass is 32.2. The minimum absolute atomic E-state index is 0.0104. The Labute approximate surface area is 196 Å². The molecule has 0 saturated heterocycles. The zero-order valence-electron chi connectivity index (χ0n) is 18.7. The first kappa shape index (κ1) is 23.1. The maximum absolute atomic E-state index is 10.6. The molecule has 4 N–H and O–H groups in total. The number of carbonyl (C=O) groups is 1. The van der Waals surface area contributed by atoms with Crippen LogP contribution in [0.4, 0.5) is 5.82 Å². The Morgan fingerprint density at radius 2 is 1.97 bits per heavy atom. The summed E-state index contributed by atoms with van der Waals surface area (Å²) in [6, 6.07) is 3.97. The average molecular weight is 473 g/mol. The van der Waals surface area contributed by atoms with E-state index in [2.05, 4.69) is 21.9 Å². The van der Waals surface area contributed by atoms with E-state index in [1.54, 1.807) is 11.8 Å². The summed E-state index contributed by atoms with van der Waals surface area (Å²) < 4.78 is 17.9. The number of hydrogen-bond acceptors (Lipinski definition) is 10. The van der Waals surface area contributed by atoms with Gasteiger partial charge < -0.3 is 30.2 Å². The summed E-state index contributed by atoms with van der Waals surface area (Å²) in [7, 11) is 0. The van der Waals surface area contributed by atoms with E-state index < -0.39 is 0 Å². The summed E-state index contributed by atoms with van der Waals surface area (Å²) in [5.74, 6) is 1.67. The Bertz CT molecular complexity index is 1150. The predicted molar refractivity (Wildman–Crippen MR) is 124 cm³/mol. The fourth-order valence-corrected chi connectivity index (χ4v) is 4.82. The summed E-state index contributed by atoms with van der Waals surface area (Å²) in [5, 5.41) is 0.830. The molecule has 5 rings (SSSR count). The van der Waals surface area contributed by atoms with E-state index in [0.717, 1.165) is 52.1 Å². The van der Waals surface area contributed by atoms with Gasteiger partial charge in [0.05, 0.1) is 6.54 Å². The van der Waals surface area contributed by atoms with Crippen molar-refractivity contribution in [1.29, 1.82) is 0 Å². The van der Waals surface area contributed by atoms with Gasteiger partial charge in [-0.1, -0.05) is 11.8 Å². The van der Waals surface area contributed by atoms with Crippen molar-refractivity contribution in [3.05, 3.63) is 24.0 Å². The van der Waals surface area contributed by atoms with Gasteiger partial charge in [0.2, 0.25) is 6.79 Å². The molecule has 1 saturated carbocycles. The van der Waals surface area contributed by atoms with E-state index in [9.17, 15) is 4.79 Å². The topological polar surface area (TPSA) is 140 Å². The number of fused-ring (bicyclic) bond motifs is 2. The number of hydrogen-bond donors (Lipinski definition) is 2. The van der Waals surface area contributed by atoms with E-state index >= 15 is 0 Å². The maximum Gasteiger partial charge on any atom is 0.319 e. The van der Waals surface area contributed by atoms with Crippen molar-refractivity contribution in [2.45, 2.75) is 62.2 Å². The third-order valence-corrected chi connectivity index (χ3v) is 6.63. The highest BCUT2D eigenvalue weighted by Gasteiger charge is 2.20. The molecule has 1 fully saturated rings. The molecule has 176 valence electrons. The first-order valence-electron chi connectivity index (χ1n) is 10.9. The molecule has 1 aliphatic carbocycles. The van der Waals surface area contributed by atoms with Crippen LogP contribution in [0.3, 0.4) is 0 Å². The van der Waals surface area contributed by atoms with Gasteiger partial charge in [0, 0.05) is 11.4 Å². The van der Waals surface area contributed by atoms with E-state index in [4.69, 9.17) is 25.7 Å². The molecule has 3 heterocycles. The average Bonchev–Trinajstić information content (AvgIpc) is 3.55. The molecular formula is C22H28N6O4S. The van der Waals surface area contributed by atoms with Crippen LogP contribution < -0.4 is 20.9 Å². The van der Waals surface area contributed by atoms with Gasteiger partial charge in [-0.25, -0.2) is 15.0 Å². The molecule has 2 aromatic heterocycles. The summed E-state index contributed by atoms with van der Waals surface area (Å²) in [4.78, 5) is 24.6. The molecular weight excluding hydrogens is 444 g/mol. The van der Waals surface area contributed by atoms with Crippen molar-refractivity contribution >= 4 is 34.7 Å². The molecule has 0 unspecified atom stereocenters. The van der Waals surface area contributed by atoms with Gasteiger partial charge in [-0.05, 0) is 57.2 Å². The van der Waals surface area contributed by atoms with Crippen LogP contribution in [-0.4, -0.2) is 44.9 Å². The van der Waals surface area contributed by atoms with Gasteiger partial charge in [0.25, 0.3) is 0 Å². The third-order valence-electron chi connectivity index (χ3n) is 5.48. The number of aryl methyl sites for hydroxylation is 2. The molecule has 11 heteroatoms. The standard InChI is InChI=1S/C15H15N5O2S.C7H13NO2/c1-3-20-14-12(13(16)17-6-18-14)19-15(20)23-11-5-10-9(4-8(11)2)21-7-22-10;8-5-7(9)10-6-3-1-2-4-6/h4-6H,3,7H2,1-2H3,(H2,16,17,18);6H,1-5,8H2. The van der Waals surface area contributed by atoms with Crippen LogP contribution in [0.5, 0.6) is 11.5 Å². The van der Waals surface area contributed by atoms with E-state index in [1.807, 2.05) is 23.6 Å². The molecule has 3 aromatic rings. The van der Waals surface area contributed by atoms with Gasteiger partial charge in [-0.3, -0.25) is 4.79 Å². The fraction of sp³-hybridized carbons (Fsp3) is 0.455. The normalized spacial score (nSPS) is 14.9. The number of nitrogens with zero attached hydrogens (tertiary/aromatic N) is 4. The summed E-state index contributed by atoms with van der Waals surface area (Å²) in [5.41, 5.74) is 13.5. The lowest BCUT2D eigenvalue weighted by Gasteiger charge is -2.08. The van der Waals surface area contributed by atoms with Crippen LogP contribution in [-0.2, 0) is 16.1 Å². The molecule has 10 nitrogen and oxygen atoms in total. The van der Waals surface area contributed by atoms with Crippen LogP contribution in [0.1, 0.15) is 38.2 Å². The first-order chi connectivity index (χ1) is 16.0. The maximum atomic E-state index is 10.6. The third kappa shape index (κ3) is 5.14. The van der Waals surface area contributed by atoms with Crippen molar-refractivity contribution < 1.29 is 19.0 Å². The molecule has 0 radical (unpaired) electrons. The molecule has 2 aliphatic rings. The lowest BCUT2D eigenvalue weighted by molar-refractivity contribution is -0.146. The van der Waals surface area contributed by atoms with E-state index in [0.29, 0.717) is 11.3 Å². The number of ether oxygens (including phenoxy) is 3. The number of benzene rings is 1. The molecule has 0 bridgehead atoms. The van der Waals surface area contributed by atoms with Crippen LogP contribution >= 0.6 is 11.8 Å². The molecule has 0 amide bonds. The van der Waals surface area contributed by atoms with Crippen molar-refractivity contribution in [2.24, 2.45) is 5.73 Å². The largest absolute Gasteiger partial charge is 0.461 e. The first-order valence-corrected chi connectivity index (χ1v) is 11.8. The van der Waals surface area contributed by atoms with Crippen molar-refractivity contribution in [1.82, 2.24) is 19.5 Å². The van der Waals surface area contributed by atoms with Crippen LogP contribution in [0, 0.1) is 6.92 Å². The Balaban J connectivity index is 0.000000219. The van der Waals surface area contributed by atoms with Crippen LogP contribution in [0.2, 0.25) is 0 Å². The SMILES string of the molecule is CCn1c(Sc2cc3c(cc2C)OCO3)nc2c(N)ncnc21.NCC(=O)OC1CCCC1. The van der Waals surface area contributed by atoms with Gasteiger partial charge in [0.15, 0.2) is 33.6 Å². The number of nitrogen functional groups attached to an aromatic ring is 1. The predicted octanol–water partition coefficient (Wildman–Crippen LogP) is 3.05. The molecule has 1 aliphatic heterocycles. The van der Waals surface area contributed by atoms with Gasteiger partial charge in [-0.2, -0.15) is 0 Å². The number of esters is 1. The number of aromatic nitrogens is 4. The number of rotatable bonds is 5. The zero-order chi connectivity index (χ0) is 23.4. The minimum atomic E-state index is -0.271. The molecule has 1 aromatic carbocycles. The van der Waals surface area contributed by atoms with Crippen molar-refractivity contribution in [3.63, 3.8) is 0 Å². The lowest BCUT2D eigenvalue weighted by atomic mass is 10.2. The fourth-order valence-electron chi connectivity index (χ4n) is 3.77. The quantitative estimate of drug-likeness (QED) is 0.532. The molecule has 0 atom stereocenters. The number of anilines is 1. The van der Waals surface area contributed by atoms with Crippen LogP contribution in [0.25, 0.3) is 11.2 Å². The number of carbonyl (C=O) groups excluding carboxylic acids is 1. The van der Waals surface area contributed by atoms with Crippen molar-refractivity contribution in [2.75, 3.05) is 19.1 Å². The van der Waals surface area contributed by atoms with Gasteiger partial charge in [-0.15, -0.1) is 0 Å². The monoisotopic (exact) mass is 472 g/mol. The summed E-state index contributed by atoms with van der Waals surface area (Å²) >= 11 is 1.56. The van der Waals surface area contributed by atoms with Crippen LogP contribution in [0.15, 0.2) is 28.5 Å². The highest BCUT2D eigenvalue weighted by Crippen LogP contribution is 2.40. The van der Waals surface area contributed by atoms with E-state index in [-0.39, 0.29) is 25.4 Å². The molecule has 0 spiro atoms. The smallest absolute Gasteiger partial charge is 0.319 e. The molecule has 33 heavy (non-hydrogen) atoms. The van der Waals surface area contributed by atoms with Crippen molar-refractivity contribution in [3.8, 4) is 11.5 Å². The second-order valence-electron chi connectivity index (χ2n) is 7.74.